The third kappa shape index (κ3) is 5.20. The predicted octanol–water partition coefficient (Wildman–Crippen LogP) is 5.05. The van der Waals surface area contributed by atoms with Crippen LogP contribution >= 0.6 is 12.2 Å². The Bertz CT molecular complexity index is 1220. The molecule has 2 N–H and O–H groups in total. The van der Waals surface area contributed by atoms with Crippen LogP contribution in [-0.2, 0) is 13.1 Å². The zero-order chi connectivity index (χ0) is 22.7. The minimum absolute atomic E-state index is 0.249. The van der Waals surface area contributed by atoms with E-state index in [1.807, 2.05) is 30.8 Å². The van der Waals surface area contributed by atoms with E-state index in [0.29, 0.717) is 24.0 Å². The number of aryl methyl sites for hydroxylation is 2. The van der Waals surface area contributed by atoms with Crippen molar-refractivity contribution < 1.29 is 4.39 Å². The summed E-state index contributed by atoms with van der Waals surface area (Å²) in [5.41, 5.74) is 6.17. The number of hydrogen-bond acceptors (Lipinski definition) is 3. The molecule has 0 spiro atoms. The summed E-state index contributed by atoms with van der Waals surface area (Å²) >= 11 is 5.49. The van der Waals surface area contributed by atoms with Crippen LogP contribution in [0.15, 0.2) is 60.8 Å². The van der Waals surface area contributed by atoms with Gasteiger partial charge in [0.25, 0.3) is 0 Å². The van der Waals surface area contributed by atoms with Crippen molar-refractivity contribution in [2.75, 3.05) is 10.6 Å². The highest BCUT2D eigenvalue weighted by Gasteiger charge is 2.14. The summed E-state index contributed by atoms with van der Waals surface area (Å²) in [5, 5.41) is 16.0. The van der Waals surface area contributed by atoms with Gasteiger partial charge in [0.15, 0.2) is 10.9 Å². The zero-order valence-corrected chi connectivity index (χ0v) is 19.1. The van der Waals surface area contributed by atoms with Crippen molar-refractivity contribution >= 4 is 28.8 Å². The summed E-state index contributed by atoms with van der Waals surface area (Å²) in [4.78, 5) is 0. The van der Waals surface area contributed by atoms with Gasteiger partial charge in [-0.1, -0.05) is 42.0 Å². The van der Waals surface area contributed by atoms with Crippen LogP contribution in [0, 0.1) is 26.6 Å². The first kappa shape index (κ1) is 21.7. The van der Waals surface area contributed by atoms with Crippen LogP contribution in [0.5, 0.6) is 0 Å². The van der Waals surface area contributed by atoms with Crippen LogP contribution in [0.4, 0.5) is 15.9 Å². The van der Waals surface area contributed by atoms with Crippen LogP contribution < -0.4 is 10.6 Å². The number of halogens is 1. The number of anilines is 2. The molecule has 0 unspecified atom stereocenters. The summed E-state index contributed by atoms with van der Waals surface area (Å²) in [5.74, 6) is 0.382. The third-order valence-corrected chi connectivity index (χ3v) is 5.42. The molecule has 2 aromatic carbocycles. The Morgan fingerprint density at radius 2 is 1.53 bits per heavy atom. The molecule has 0 aliphatic carbocycles. The van der Waals surface area contributed by atoms with Crippen LogP contribution in [0.3, 0.4) is 0 Å². The van der Waals surface area contributed by atoms with Gasteiger partial charge in [0.2, 0.25) is 0 Å². The van der Waals surface area contributed by atoms with E-state index >= 15 is 0 Å². The SMILES string of the molecule is Cc1ccc(Cn2nc(C)c(NC(=S)Nc3ccn(Cc4ccc(F)cc4)n3)c2C)cc1. The van der Waals surface area contributed by atoms with Crippen molar-refractivity contribution in [1.29, 1.82) is 0 Å². The van der Waals surface area contributed by atoms with Gasteiger partial charge in [0.1, 0.15) is 5.82 Å². The monoisotopic (exact) mass is 448 g/mol. The first-order chi connectivity index (χ1) is 15.4. The average Bonchev–Trinajstić information content (AvgIpc) is 3.30. The Balaban J connectivity index is 1.39. The number of nitrogens with one attached hydrogen (secondary N) is 2. The summed E-state index contributed by atoms with van der Waals surface area (Å²) < 4.78 is 16.8. The lowest BCUT2D eigenvalue weighted by Crippen LogP contribution is -2.20. The van der Waals surface area contributed by atoms with Crippen molar-refractivity contribution in [3.63, 3.8) is 0 Å². The normalized spacial score (nSPS) is 10.9. The number of aromatic nitrogens is 4. The zero-order valence-electron chi connectivity index (χ0n) is 18.3. The molecule has 164 valence electrons. The molecule has 0 amide bonds. The Morgan fingerprint density at radius 1 is 0.875 bits per heavy atom. The molecule has 0 saturated heterocycles. The fourth-order valence-corrected chi connectivity index (χ4v) is 3.66. The standard InChI is InChI=1S/C24H25FN6S/c1-16-4-6-20(7-5-16)15-31-18(3)23(17(2)28-31)27-24(32)26-22-12-13-30(29-22)14-19-8-10-21(25)11-9-19/h4-13H,14-15H2,1-3H3,(H2,26,27,29,32). The molecule has 6 nitrogen and oxygen atoms in total. The number of nitrogens with zero attached hydrogens (tertiary/aromatic N) is 4. The van der Waals surface area contributed by atoms with Gasteiger partial charge in [-0.3, -0.25) is 9.36 Å². The highest BCUT2D eigenvalue weighted by Crippen LogP contribution is 2.21. The smallest absolute Gasteiger partial charge is 0.176 e. The van der Waals surface area contributed by atoms with Gasteiger partial charge in [-0.2, -0.15) is 10.2 Å². The number of hydrogen-bond donors (Lipinski definition) is 2. The quantitative estimate of drug-likeness (QED) is 0.404. The van der Waals surface area contributed by atoms with Crippen LogP contribution in [0.1, 0.15) is 28.1 Å². The molecule has 0 aliphatic rings. The second kappa shape index (κ2) is 9.32. The van der Waals surface area contributed by atoms with Gasteiger partial charge < -0.3 is 10.6 Å². The van der Waals surface area contributed by atoms with E-state index in [9.17, 15) is 4.39 Å². The van der Waals surface area contributed by atoms with E-state index in [1.54, 1.807) is 16.8 Å². The highest BCUT2D eigenvalue weighted by atomic mass is 32.1. The summed E-state index contributed by atoms with van der Waals surface area (Å²) in [7, 11) is 0. The molecule has 0 fully saturated rings. The minimum Gasteiger partial charge on any atom is -0.329 e. The second-order valence-corrected chi connectivity index (χ2v) is 8.20. The molecule has 0 bridgehead atoms. The fraction of sp³-hybridized carbons (Fsp3) is 0.208. The molecule has 0 aliphatic heterocycles. The molecule has 4 rings (SSSR count). The minimum atomic E-state index is -0.249. The van der Waals surface area contributed by atoms with E-state index in [4.69, 9.17) is 12.2 Å². The second-order valence-electron chi connectivity index (χ2n) is 7.79. The molecule has 4 aromatic rings. The lowest BCUT2D eigenvalue weighted by Gasteiger charge is -2.10. The molecule has 8 heteroatoms. The van der Waals surface area contributed by atoms with Crippen molar-refractivity contribution in [3.05, 3.63) is 94.7 Å². The lowest BCUT2D eigenvalue weighted by molar-refractivity contribution is 0.624. The predicted molar refractivity (Wildman–Crippen MR) is 130 cm³/mol. The van der Waals surface area contributed by atoms with Gasteiger partial charge in [-0.15, -0.1) is 0 Å². The average molecular weight is 449 g/mol. The Kier molecular flexibility index (Phi) is 6.32. The third-order valence-electron chi connectivity index (χ3n) is 5.21. The Hall–Kier alpha value is -3.52. The van der Waals surface area contributed by atoms with E-state index < -0.39 is 0 Å². The van der Waals surface area contributed by atoms with Gasteiger partial charge in [0.05, 0.1) is 30.2 Å². The number of rotatable bonds is 6. The fourth-order valence-electron chi connectivity index (χ4n) is 3.45. The molecule has 2 heterocycles. The molecular formula is C24H25FN6S. The molecule has 0 radical (unpaired) electrons. The number of benzene rings is 2. The first-order valence-electron chi connectivity index (χ1n) is 10.3. The highest BCUT2D eigenvalue weighted by molar-refractivity contribution is 7.80. The van der Waals surface area contributed by atoms with Crippen molar-refractivity contribution in [3.8, 4) is 0 Å². The largest absolute Gasteiger partial charge is 0.329 e. The lowest BCUT2D eigenvalue weighted by atomic mass is 10.1. The van der Waals surface area contributed by atoms with E-state index in [1.165, 1.54) is 23.3 Å². The maximum Gasteiger partial charge on any atom is 0.176 e. The molecular weight excluding hydrogens is 423 g/mol. The summed E-state index contributed by atoms with van der Waals surface area (Å²) in [6.45, 7) is 7.31. The van der Waals surface area contributed by atoms with Gasteiger partial charge in [0, 0.05) is 12.3 Å². The maximum atomic E-state index is 13.1. The topological polar surface area (TPSA) is 59.7 Å². The van der Waals surface area contributed by atoms with Crippen LogP contribution in [0.2, 0.25) is 0 Å². The van der Waals surface area contributed by atoms with Gasteiger partial charge >= 0.3 is 0 Å². The summed E-state index contributed by atoms with van der Waals surface area (Å²) in [6.07, 6.45) is 1.85. The Labute approximate surface area is 192 Å². The van der Waals surface area contributed by atoms with Gasteiger partial charge in [-0.25, -0.2) is 4.39 Å². The molecule has 0 saturated carbocycles. The van der Waals surface area contributed by atoms with Gasteiger partial charge in [-0.05, 0) is 56.2 Å². The first-order valence-corrected chi connectivity index (χ1v) is 10.7. The molecule has 32 heavy (non-hydrogen) atoms. The maximum absolute atomic E-state index is 13.1. The van der Waals surface area contributed by atoms with Crippen molar-refractivity contribution in [2.45, 2.75) is 33.9 Å². The van der Waals surface area contributed by atoms with Crippen LogP contribution in [-0.4, -0.2) is 24.7 Å². The van der Waals surface area contributed by atoms with E-state index in [0.717, 1.165) is 22.6 Å². The van der Waals surface area contributed by atoms with Crippen LogP contribution in [0.25, 0.3) is 0 Å². The van der Waals surface area contributed by atoms with Crippen molar-refractivity contribution in [2.24, 2.45) is 0 Å². The number of thiocarbonyl (C=S) groups is 1. The van der Waals surface area contributed by atoms with E-state index in [2.05, 4.69) is 52.0 Å². The molecule has 0 atom stereocenters. The van der Waals surface area contributed by atoms with Crippen molar-refractivity contribution in [1.82, 2.24) is 19.6 Å². The molecule has 2 aromatic heterocycles. The summed E-state index contributed by atoms with van der Waals surface area (Å²) in [6, 6.07) is 16.7. The van der Waals surface area contributed by atoms with E-state index in [-0.39, 0.29) is 5.82 Å². The Morgan fingerprint density at radius 3 is 2.25 bits per heavy atom.